The van der Waals surface area contributed by atoms with Crippen molar-refractivity contribution in [2.24, 2.45) is 11.1 Å². The first kappa shape index (κ1) is 14.7. The van der Waals surface area contributed by atoms with Crippen LogP contribution in [0.1, 0.15) is 50.1 Å². The first-order chi connectivity index (χ1) is 8.41. The van der Waals surface area contributed by atoms with Crippen molar-refractivity contribution in [3.8, 4) is 6.07 Å². The van der Waals surface area contributed by atoms with Crippen molar-refractivity contribution in [3.63, 3.8) is 0 Å². The molecule has 1 heterocycles. The van der Waals surface area contributed by atoms with Gasteiger partial charge >= 0.3 is 0 Å². The van der Waals surface area contributed by atoms with E-state index in [9.17, 15) is 0 Å². The Hall–Kier alpha value is -1.34. The molecule has 0 atom stereocenters. The van der Waals surface area contributed by atoms with E-state index in [-0.39, 0.29) is 5.41 Å². The highest BCUT2D eigenvalue weighted by molar-refractivity contribution is 5.23. The van der Waals surface area contributed by atoms with Crippen LogP contribution < -0.4 is 5.73 Å². The summed E-state index contributed by atoms with van der Waals surface area (Å²) in [5.74, 6) is 0. The number of unbranched alkanes of at least 4 members (excludes halogenated alkanes) is 1. The molecule has 100 valence electrons. The van der Waals surface area contributed by atoms with Gasteiger partial charge in [-0.25, -0.2) is 0 Å². The Bertz CT molecular complexity index is 437. The fourth-order valence-corrected chi connectivity index (χ4v) is 2.13. The summed E-state index contributed by atoms with van der Waals surface area (Å²) in [6.45, 7) is 9.52. The summed E-state index contributed by atoms with van der Waals surface area (Å²) in [6.07, 6.45) is 3.04. The monoisotopic (exact) mass is 248 g/mol. The third kappa shape index (κ3) is 3.58. The van der Waals surface area contributed by atoms with E-state index >= 15 is 0 Å². The highest BCUT2D eigenvalue weighted by atomic mass is 15.3. The average molecular weight is 248 g/mol. The SMILES string of the molecule is Cc1nn(CCCCC(C)(C)C#N)c(C)c1CN. The van der Waals surface area contributed by atoms with Gasteiger partial charge in [0, 0.05) is 24.3 Å². The number of aromatic nitrogens is 2. The maximum Gasteiger partial charge on any atom is 0.0683 e. The second kappa shape index (κ2) is 6.01. The van der Waals surface area contributed by atoms with E-state index < -0.39 is 0 Å². The van der Waals surface area contributed by atoms with Crippen LogP contribution in [0.2, 0.25) is 0 Å². The molecule has 1 aromatic rings. The second-order valence-electron chi connectivity index (χ2n) is 5.53. The van der Waals surface area contributed by atoms with E-state index in [1.54, 1.807) is 0 Å². The van der Waals surface area contributed by atoms with Crippen LogP contribution in [0.4, 0.5) is 0 Å². The van der Waals surface area contributed by atoms with Crippen molar-refractivity contribution >= 4 is 0 Å². The van der Waals surface area contributed by atoms with Crippen molar-refractivity contribution in [2.75, 3.05) is 0 Å². The molecule has 1 rings (SSSR count). The standard InChI is InChI=1S/C14H24N4/c1-11-13(9-15)12(2)18(17-11)8-6-5-7-14(3,4)10-16/h5-9,15H2,1-4H3. The fourth-order valence-electron chi connectivity index (χ4n) is 2.13. The smallest absolute Gasteiger partial charge is 0.0683 e. The molecule has 4 heteroatoms. The average Bonchev–Trinajstić information content (AvgIpc) is 2.60. The Morgan fingerprint density at radius 2 is 2.00 bits per heavy atom. The highest BCUT2D eigenvalue weighted by Gasteiger charge is 2.16. The van der Waals surface area contributed by atoms with Crippen LogP contribution in [0.5, 0.6) is 0 Å². The summed E-state index contributed by atoms with van der Waals surface area (Å²) in [5.41, 5.74) is 8.86. The van der Waals surface area contributed by atoms with Crippen molar-refractivity contribution in [1.29, 1.82) is 5.26 Å². The molecular weight excluding hydrogens is 224 g/mol. The second-order valence-corrected chi connectivity index (χ2v) is 5.53. The molecule has 0 aliphatic rings. The minimum absolute atomic E-state index is 0.211. The minimum Gasteiger partial charge on any atom is -0.326 e. The van der Waals surface area contributed by atoms with Crippen molar-refractivity contribution in [2.45, 2.75) is 60.0 Å². The summed E-state index contributed by atoms with van der Waals surface area (Å²) in [7, 11) is 0. The molecule has 0 saturated carbocycles. The summed E-state index contributed by atoms with van der Waals surface area (Å²) < 4.78 is 2.04. The van der Waals surface area contributed by atoms with E-state index in [2.05, 4.69) is 18.1 Å². The van der Waals surface area contributed by atoms with Gasteiger partial charge in [0.15, 0.2) is 0 Å². The number of nitrogens with two attached hydrogens (primary N) is 1. The third-order valence-corrected chi connectivity index (χ3v) is 3.46. The number of hydrogen-bond acceptors (Lipinski definition) is 3. The number of aryl methyl sites for hydroxylation is 2. The van der Waals surface area contributed by atoms with Crippen LogP contribution in [0, 0.1) is 30.6 Å². The Kier molecular flexibility index (Phi) is 4.92. The largest absolute Gasteiger partial charge is 0.326 e. The Balaban J connectivity index is 2.48. The molecule has 1 aromatic heterocycles. The van der Waals surface area contributed by atoms with Gasteiger partial charge < -0.3 is 5.73 Å². The van der Waals surface area contributed by atoms with Crippen molar-refractivity contribution < 1.29 is 0 Å². The third-order valence-electron chi connectivity index (χ3n) is 3.46. The Morgan fingerprint density at radius 3 is 2.50 bits per heavy atom. The van der Waals surface area contributed by atoms with Gasteiger partial charge in [0.2, 0.25) is 0 Å². The van der Waals surface area contributed by atoms with E-state index in [1.165, 1.54) is 5.69 Å². The van der Waals surface area contributed by atoms with Crippen LogP contribution in [0.15, 0.2) is 0 Å². The number of hydrogen-bond donors (Lipinski definition) is 1. The topological polar surface area (TPSA) is 67.6 Å². The first-order valence-electron chi connectivity index (χ1n) is 6.55. The summed E-state index contributed by atoms with van der Waals surface area (Å²) in [4.78, 5) is 0. The molecular formula is C14H24N4. The van der Waals surface area contributed by atoms with Gasteiger partial charge in [0.1, 0.15) is 0 Å². The molecule has 0 saturated heterocycles. The van der Waals surface area contributed by atoms with Crippen LogP contribution in [0.25, 0.3) is 0 Å². The van der Waals surface area contributed by atoms with E-state index in [4.69, 9.17) is 11.0 Å². The van der Waals surface area contributed by atoms with Gasteiger partial charge in [0.25, 0.3) is 0 Å². The van der Waals surface area contributed by atoms with Gasteiger partial charge in [0.05, 0.1) is 17.2 Å². The van der Waals surface area contributed by atoms with E-state index in [1.807, 2.05) is 25.5 Å². The molecule has 0 aliphatic heterocycles. The summed E-state index contributed by atoms with van der Waals surface area (Å²) in [5, 5.41) is 13.5. The van der Waals surface area contributed by atoms with Crippen LogP contribution in [-0.2, 0) is 13.1 Å². The highest BCUT2D eigenvalue weighted by Crippen LogP contribution is 2.22. The number of rotatable bonds is 6. The summed E-state index contributed by atoms with van der Waals surface area (Å²) >= 11 is 0. The fraction of sp³-hybridized carbons (Fsp3) is 0.714. The Labute approximate surface area is 110 Å². The number of nitriles is 1. The lowest BCUT2D eigenvalue weighted by atomic mass is 9.89. The molecule has 0 radical (unpaired) electrons. The van der Waals surface area contributed by atoms with Gasteiger partial charge in [-0.05, 0) is 40.5 Å². The zero-order valence-corrected chi connectivity index (χ0v) is 12.0. The molecule has 0 fully saturated rings. The predicted octanol–water partition coefficient (Wildman–Crippen LogP) is 2.68. The molecule has 0 spiro atoms. The molecule has 0 bridgehead atoms. The lowest BCUT2D eigenvalue weighted by Crippen LogP contribution is -2.09. The maximum atomic E-state index is 8.94. The van der Waals surface area contributed by atoms with Crippen LogP contribution in [-0.4, -0.2) is 9.78 Å². The van der Waals surface area contributed by atoms with Gasteiger partial charge in [-0.15, -0.1) is 0 Å². The van der Waals surface area contributed by atoms with Gasteiger partial charge in [-0.3, -0.25) is 4.68 Å². The van der Waals surface area contributed by atoms with Crippen LogP contribution in [0.3, 0.4) is 0 Å². The van der Waals surface area contributed by atoms with E-state index in [0.29, 0.717) is 6.54 Å². The van der Waals surface area contributed by atoms with Crippen molar-refractivity contribution in [1.82, 2.24) is 9.78 Å². The van der Waals surface area contributed by atoms with E-state index in [0.717, 1.165) is 37.1 Å². The molecule has 2 N–H and O–H groups in total. The van der Waals surface area contributed by atoms with Crippen molar-refractivity contribution in [3.05, 3.63) is 17.0 Å². The normalized spacial score (nSPS) is 11.6. The molecule has 0 amide bonds. The molecule has 4 nitrogen and oxygen atoms in total. The zero-order valence-electron chi connectivity index (χ0n) is 12.0. The lowest BCUT2D eigenvalue weighted by Gasteiger charge is -2.14. The quantitative estimate of drug-likeness (QED) is 0.787. The minimum atomic E-state index is -0.211. The van der Waals surface area contributed by atoms with Gasteiger partial charge in [-0.1, -0.05) is 6.42 Å². The molecule has 18 heavy (non-hydrogen) atoms. The molecule has 0 aromatic carbocycles. The maximum absolute atomic E-state index is 8.94. The predicted molar refractivity (Wildman–Crippen MR) is 72.8 cm³/mol. The zero-order chi connectivity index (χ0) is 13.8. The molecule has 0 aliphatic carbocycles. The number of nitrogens with zero attached hydrogens (tertiary/aromatic N) is 3. The van der Waals surface area contributed by atoms with Gasteiger partial charge in [-0.2, -0.15) is 10.4 Å². The Morgan fingerprint density at radius 1 is 1.33 bits per heavy atom. The summed E-state index contributed by atoms with van der Waals surface area (Å²) in [6, 6.07) is 2.33. The lowest BCUT2D eigenvalue weighted by molar-refractivity contribution is 0.410. The first-order valence-corrected chi connectivity index (χ1v) is 6.55. The van der Waals surface area contributed by atoms with Crippen LogP contribution >= 0.6 is 0 Å². The molecule has 0 unspecified atom stereocenters.